The predicted molar refractivity (Wildman–Crippen MR) is 81.0 cm³/mol. The second kappa shape index (κ2) is 6.62. The van der Waals surface area contributed by atoms with Crippen LogP contribution in [0.4, 0.5) is 0 Å². The molecule has 1 aliphatic rings. The Morgan fingerprint density at radius 1 is 1.37 bits per heavy atom. The van der Waals surface area contributed by atoms with Crippen LogP contribution in [0.3, 0.4) is 0 Å². The largest absolute Gasteiger partial charge is 0.493 e. The fourth-order valence-electron chi connectivity index (χ4n) is 2.10. The minimum Gasteiger partial charge on any atom is -0.493 e. The first-order chi connectivity index (χ1) is 9.15. The molecular weight excluding hydrogens is 306 g/mol. The van der Waals surface area contributed by atoms with Crippen molar-refractivity contribution in [1.82, 2.24) is 0 Å². The molecule has 4 heteroatoms. The third kappa shape index (κ3) is 3.86. The summed E-state index contributed by atoms with van der Waals surface area (Å²) in [5.74, 6) is 2.78. The lowest BCUT2D eigenvalue weighted by atomic mass is 9.97. The van der Waals surface area contributed by atoms with Crippen LogP contribution in [0.2, 0.25) is 0 Å². The number of nitrogens with two attached hydrogens (primary N) is 1. The first kappa shape index (κ1) is 14.7. The summed E-state index contributed by atoms with van der Waals surface area (Å²) in [6, 6.07) is 4.08. The lowest BCUT2D eigenvalue weighted by Crippen LogP contribution is -2.06. The van der Waals surface area contributed by atoms with Gasteiger partial charge in [-0.15, -0.1) is 0 Å². The number of rotatable bonds is 7. The number of benzene rings is 1. The summed E-state index contributed by atoms with van der Waals surface area (Å²) < 4.78 is 12.4. The van der Waals surface area contributed by atoms with Crippen molar-refractivity contribution in [1.29, 1.82) is 0 Å². The summed E-state index contributed by atoms with van der Waals surface area (Å²) in [7, 11) is 1.69. The van der Waals surface area contributed by atoms with Gasteiger partial charge in [0.25, 0.3) is 0 Å². The van der Waals surface area contributed by atoms with Gasteiger partial charge in [0.2, 0.25) is 0 Å². The molecule has 19 heavy (non-hydrogen) atoms. The molecule has 0 radical (unpaired) electrons. The molecule has 2 N–H and O–H groups in total. The molecule has 0 heterocycles. The molecule has 1 atom stereocenters. The van der Waals surface area contributed by atoms with Gasteiger partial charge in [-0.1, -0.05) is 22.9 Å². The zero-order valence-corrected chi connectivity index (χ0v) is 13.2. The monoisotopic (exact) mass is 327 g/mol. The molecule has 0 bridgehead atoms. The second-order valence-electron chi connectivity index (χ2n) is 5.26. The van der Waals surface area contributed by atoms with Gasteiger partial charge in [0, 0.05) is 4.47 Å². The Morgan fingerprint density at radius 3 is 2.68 bits per heavy atom. The smallest absolute Gasteiger partial charge is 0.162 e. The van der Waals surface area contributed by atoms with E-state index in [9.17, 15) is 0 Å². The molecule has 1 unspecified atom stereocenters. The zero-order chi connectivity index (χ0) is 13.8. The van der Waals surface area contributed by atoms with Gasteiger partial charge in [0.05, 0.1) is 13.7 Å². The van der Waals surface area contributed by atoms with Crippen molar-refractivity contribution in [2.75, 3.05) is 20.3 Å². The van der Waals surface area contributed by atoms with Gasteiger partial charge in [0.15, 0.2) is 11.5 Å². The van der Waals surface area contributed by atoms with Crippen molar-refractivity contribution in [3.8, 4) is 11.5 Å². The highest BCUT2D eigenvalue weighted by Gasteiger charge is 2.23. The molecule has 1 aromatic carbocycles. The van der Waals surface area contributed by atoms with Crippen LogP contribution in [0.1, 0.15) is 37.7 Å². The van der Waals surface area contributed by atoms with Crippen molar-refractivity contribution in [3.63, 3.8) is 0 Å². The number of ether oxygens (including phenoxy) is 2. The molecule has 0 spiro atoms. The quantitative estimate of drug-likeness (QED) is 0.830. The lowest BCUT2D eigenvalue weighted by molar-refractivity contribution is 0.280. The van der Waals surface area contributed by atoms with Gasteiger partial charge in [-0.25, -0.2) is 0 Å². The fourth-order valence-corrected chi connectivity index (χ4v) is 2.81. The van der Waals surface area contributed by atoms with Crippen LogP contribution in [0.5, 0.6) is 11.5 Å². The van der Waals surface area contributed by atoms with E-state index in [1.165, 1.54) is 18.4 Å². The molecule has 106 valence electrons. The van der Waals surface area contributed by atoms with Gasteiger partial charge in [-0.3, -0.25) is 0 Å². The molecule has 1 aliphatic carbocycles. The third-order valence-electron chi connectivity index (χ3n) is 3.59. The predicted octanol–water partition coefficient (Wildman–Crippen LogP) is 3.70. The normalized spacial score (nSPS) is 16.2. The van der Waals surface area contributed by atoms with Gasteiger partial charge in [0.1, 0.15) is 0 Å². The molecule has 0 saturated heterocycles. The van der Waals surface area contributed by atoms with Crippen LogP contribution >= 0.6 is 15.9 Å². The Hall–Kier alpha value is -0.740. The van der Waals surface area contributed by atoms with E-state index in [1.807, 2.05) is 6.07 Å². The Bertz CT molecular complexity index is 432. The van der Waals surface area contributed by atoms with E-state index in [0.29, 0.717) is 12.5 Å². The molecule has 2 rings (SSSR count). The van der Waals surface area contributed by atoms with Crippen molar-refractivity contribution in [3.05, 3.63) is 22.2 Å². The first-order valence-corrected chi connectivity index (χ1v) is 7.65. The summed E-state index contributed by atoms with van der Waals surface area (Å²) in [6.07, 6.45) is 3.54. The van der Waals surface area contributed by atoms with Crippen molar-refractivity contribution < 1.29 is 9.47 Å². The second-order valence-corrected chi connectivity index (χ2v) is 6.11. The van der Waals surface area contributed by atoms with E-state index >= 15 is 0 Å². The summed E-state index contributed by atoms with van der Waals surface area (Å²) >= 11 is 3.63. The summed E-state index contributed by atoms with van der Waals surface area (Å²) in [5, 5.41) is 0. The molecular formula is C15H22BrNO2. The molecule has 0 aliphatic heterocycles. The van der Waals surface area contributed by atoms with E-state index < -0.39 is 0 Å². The summed E-state index contributed by atoms with van der Waals surface area (Å²) in [4.78, 5) is 0. The maximum Gasteiger partial charge on any atom is 0.162 e. The fraction of sp³-hybridized carbons (Fsp3) is 0.600. The van der Waals surface area contributed by atoms with Crippen LogP contribution in [-0.2, 0) is 0 Å². The Kier molecular flexibility index (Phi) is 5.11. The maximum atomic E-state index is 5.85. The summed E-state index contributed by atoms with van der Waals surface area (Å²) in [5.41, 5.74) is 6.86. The SMILES string of the molecule is COc1cc(C(C)CCN)c(Br)cc1OCC1CC1. The number of hydrogen-bond acceptors (Lipinski definition) is 3. The number of methoxy groups -OCH3 is 1. The lowest BCUT2D eigenvalue weighted by Gasteiger charge is -2.17. The van der Waals surface area contributed by atoms with Gasteiger partial charge in [-0.2, -0.15) is 0 Å². The average Bonchev–Trinajstić information content (AvgIpc) is 3.20. The molecule has 1 saturated carbocycles. The molecule has 3 nitrogen and oxygen atoms in total. The molecule has 1 aromatic rings. The molecule has 1 fully saturated rings. The van der Waals surface area contributed by atoms with Crippen molar-refractivity contribution in [2.45, 2.75) is 32.1 Å². The van der Waals surface area contributed by atoms with Crippen molar-refractivity contribution in [2.24, 2.45) is 11.7 Å². The molecule has 0 aromatic heterocycles. The topological polar surface area (TPSA) is 44.5 Å². The van der Waals surface area contributed by atoms with Gasteiger partial charge in [-0.05, 0) is 55.3 Å². The van der Waals surface area contributed by atoms with E-state index in [0.717, 1.165) is 34.9 Å². The van der Waals surface area contributed by atoms with Gasteiger partial charge >= 0.3 is 0 Å². The summed E-state index contributed by atoms with van der Waals surface area (Å²) in [6.45, 7) is 3.66. The third-order valence-corrected chi connectivity index (χ3v) is 4.27. The van der Waals surface area contributed by atoms with Gasteiger partial charge < -0.3 is 15.2 Å². The Balaban J connectivity index is 2.17. The van der Waals surface area contributed by atoms with Crippen LogP contribution in [0.15, 0.2) is 16.6 Å². The van der Waals surface area contributed by atoms with Crippen LogP contribution in [-0.4, -0.2) is 20.3 Å². The van der Waals surface area contributed by atoms with E-state index in [4.69, 9.17) is 15.2 Å². The maximum absolute atomic E-state index is 5.85. The minimum absolute atomic E-state index is 0.408. The van der Waals surface area contributed by atoms with Crippen molar-refractivity contribution >= 4 is 15.9 Å². The zero-order valence-electron chi connectivity index (χ0n) is 11.6. The highest BCUT2D eigenvalue weighted by atomic mass is 79.9. The standard InChI is InChI=1S/C15H22BrNO2/c1-10(5-6-17)12-7-14(18-2)15(8-13(12)16)19-9-11-3-4-11/h7-8,10-11H,3-6,9,17H2,1-2H3. The molecule has 0 amide bonds. The number of halogens is 1. The van der Waals surface area contributed by atoms with Crippen LogP contribution < -0.4 is 15.2 Å². The van der Waals surface area contributed by atoms with E-state index in [-0.39, 0.29) is 0 Å². The first-order valence-electron chi connectivity index (χ1n) is 6.86. The average molecular weight is 328 g/mol. The number of hydrogen-bond donors (Lipinski definition) is 1. The highest BCUT2D eigenvalue weighted by molar-refractivity contribution is 9.10. The Labute approximate surface area is 123 Å². The Morgan fingerprint density at radius 2 is 2.11 bits per heavy atom. The minimum atomic E-state index is 0.408. The van der Waals surface area contributed by atoms with Crippen LogP contribution in [0.25, 0.3) is 0 Å². The van der Waals surface area contributed by atoms with Crippen LogP contribution in [0, 0.1) is 5.92 Å². The van der Waals surface area contributed by atoms with E-state index in [1.54, 1.807) is 7.11 Å². The van der Waals surface area contributed by atoms with E-state index in [2.05, 4.69) is 28.9 Å². The highest BCUT2D eigenvalue weighted by Crippen LogP contribution is 2.39.